The van der Waals surface area contributed by atoms with Crippen LogP contribution in [0.5, 0.6) is 0 Å². The third-order valence-corrected chi connectivity index (χ3v) is 4.09. The SMILES string of the molecule is CSC(C)(C)CN1C(=O)CNC1C(C)C. The monoisotopic (exact) mass is 230 g/mol. The van der Waals surface area contributed by atoms with Gasteiger partial charge in [0.1, 0.15) is 0 Å². The van der Waals surface area contributed by atoms with Gasteiger partial charge in [0, 0.05) is 11.3 Å². The van der Waals surface area contributed by atoms with Gasteiger partial charge in [0.05, 0.1) is 12.7 Å². The van der Waals surface area contributed by atoms with E-state index in [1.165, 1.54) is 0 Å². The topological polar surface area (TPSA) is 32.3 Å². The maximum absolute atomic E-state index is 11.7. The maximum atomic E-state index is 11.7. The highest BCUT2D eigenvalue weighted by Crippen LogP contribution is 2.25. The van der Waals surface area contributed by atoms with Crippen LogP contribution in [0.15, 0.2) is 0 Å². The third kappa shape index (κ3) is 3.11. The van der Waals surface area contributed by atoms with Crippen LogP contribution >= 0.6 is 11.8 Å². The van der Waals surface area contributed by atoms with Gasteiger partial charge in [0.25, 0.3) is 0 Å². The van der Waals surface area contributed by atoms with E-state index >= 15 is 0 Å². The van der Waals surface area contributed by atoms with E-state index in [1.54, 1.807) is 0 Å². The predicted octanol–water partition coefficient (Wildman–Crippen LogP) is 1.54. The molecule has 0 aromatic carbocycles. The highest BCUT2D eigenvalue weighted by atomic mass is 32.2. The van der Waals surface area contributed by atoms with Gasteiger partial charge >= 0.3 is 0 Å². The van der Waals surface area contributed by atoms with Crippen molar-refractivity contribution in [2.45, 2.75) is 38.6 Å². The Morgan fingerprint density at radius 2 is 2.20 bits per heavy atom. The van der Waals surface area contributed by atoms with Crippen LogP contribution in [0.2, 0.25) is 0 Å². The lowest BCUT2D eigenvalue weighted by molar-refractivity contribution is -0.128. The Hall–Kier alpha value is -0.220. The molecule has 0 aromatic rings. The molecule has 3 nitrogen and oxygen atoms in total. The molecule has 0 bridgehead atoms. The number of carbonyl (C=O) groups is 1. The molecule has 1 atom stereocenters. The Morgan fingerprint density at radius 1 is 1.60 bits per heavy atom. The predicted molar refractivity (Wildman–Crippen MR) is 65.9 cm³/mol. The molecule has 0 radical (unpaired) electrons. The Kier molecular flexibility index (Phi) is 4.06. The van der Waals surface area contributed by atoms with E-state index in [4.69, 9.17) is 0 Å². The smallest absolute Gasteiger partial charge is 0.237 e. The van der Waals surface area contributed by atoms with Crippen molar-refractivity contribution in [2.75, 3.05) is 19.3 Å². The standard InChI is InChI=1S/C11H22N2OS/c1-8(2)10-12-6-9(14)13(10)7-11(3,4)15-5/h8,10,12H,6-7H2,1-5H3. The number of nitrogens with zero attached hydrogens (tertiary/aromatic N) is 1. The number of carbonyl (C=O) groups excluding carboxylic acids is 1. The largest absolute Gasteiger partial charge is 0.324 e. The van der Waals surface area contributed by atoms with Gasteiger partial charge < -0.3 is 4.90 Å². The van der Waals surface area contributed by atoms with Crippen molar-refractivity contribution in [1.82, 2.24) is 10.2 Å². The van der Waals surface area contributed by atoms with Crippen molar-refractivity contribution in [3.8, 4) is 0 Å². The molecular formula is C11H22N2OS. The summed E-state index contributed by atoms with van der Waals surface area (Å²) < 4.78 is 0.134. The van der Waals surface area contributed by atoms with Gasteiger partial charge in [-0.2, -0.15) is 11.8 Å². The summed E-state index contributed by atoms with van der Waals surface area (Å²) >= 11 is 1.81. The summed E-state index contributed by atoms with van der Waals surface area (Å²) in [5.41, 5.74) is 0. The van der Waals surface area contributed by atoms with Gasteiger partial charge in [0.15, 0.2) is 0 Å². The van der Waals surface area contributed by atoms with Gasteiger partial charge in [-0.05, 0) is 26.0 Å². The quantitative estimate of drug-likeness (QED) is 0.795. The van der Waals surface area contributed by atoms with Crippen molar-refractivity contribution in [3.05, 3.63) is 0 Å². The van der Waals surface area contributed by atoms with E-state index in [0.29, 0.717) is 12.5 Å². The molecule has 1 amide bonds. The molecule has 1 rings (SSSR count). The van der Waals surface area contributed by atoms with Crippen LogP contribution in [-0.4, -0.2) is 41.1 Å². The first kappa shape index (κ1) is 12.8. The zero-order chi connectivity index (χ0) is 11.6. The molecule has 0 aromatic heterocycles. The van der Waals surface area contributed by atoms with Crippen molar-refractivity contribution in [2.24, 2.45) is 5.92 Å². The number of rotatable bonds is 4. The molecule has 1 unspecified atom stereocenters. The van der Waals surface area contributed by atoms with Crippen molar-refractivity contribution in [1.29, 1.82) is 0 Å². The van der Waals surface area contributed by atoms with E-state index in [-0.39, 0.29) is 16.8 Å². The average molecular weight is 230 g/mol. The van der Waals surface area contributed by atoms with Gasteiger partial charge in [-0.25, -0.2) is 0 Å². The number of nitrogens with one attached hydrogen (secondary N) is 1. The summed E-state index contributed by atoms with van der Waals surface area (Å²) in [6.45, 7) is 9.97. The zero-order valence-corrected chi connectivity index (χ0v) is 11.1. The summed E-state index contributed by atoms with van der Waals surface area (Å²) in [5.74, 6) is 0.699. The van der Waals surface area contributed by atoms with Crippen LogP contribution in [0, 0.1) is 5.92 Å². The van der Waals surface area contributed by atoms with Gasteiger partial charge in [-0.1, -0.05) is 13.8 Å². The summed E-state index contributed by atoms with van der Waals surface area (Å²) in [5, 5.41) is 3.27. The molecule has 1 heterocycles. The van der Waals surface area contributed by atoms with E-state index in [0.717, 1.165) is 6.54 Å². The van der Waals surface area contributed by atoms with Crippen LogP contribution in [0.4, 0.5) is 0 Å². The molecule has 1 fully saturated rings. The number of hydrogen-bond acceptors (Lipinski definition) is 3. The molecule has 1 aliphatic heterocycles. The zero-order valence-electron chi connectivity index (χ0n) is 10.3. The van der Waals surface area contributed by atoms with Crippen molar-refractivity contribution in [3.63, 3.8) is 0 Å². The fraction of sp³-hybridized carbons (Fsp3) is 0.909. The Balaban J connectivity index is 2.69. The third-order valence-electron chi connectivity index (χ3n) is 2.85. The first-order valence-corrected chi connectivity index (χ1v) is 6.68. The van der Waals surface area contributed by atoms with Crippen LogP contribution in [-0.2, 0) is 4.79 Å². The van der Waals surface area contributed by atoms with Crippen molar-refractivity contribution >= 4 is 17.7 Å². The summed E-state index contributed by atoms with van der Waals surface area (Å²) in [7, 11) is 0. The molecule has 1 N–H and O–H groups in total. The normalized spacial score (nSPS) is 22.9. The van der Waals surface area contributed by atoms with Crippen LogP contribution < -0.4 is 5.32 Å². The molecule has 0 spiro atoms. The van der Waals surface area contributed by atoms with Crippen LogP contribution in [0.3, 0.4) is 0 Å². The first-order valence-electron chi connectivity index (χ1n) is 5.45. The second-order valence-electron chi connectivity index (χ2n) is 5.06. The molecule has 88 valence electrons. The highest BCUT2D eigenvalue weighted by molar-refractivity contribution is 7.99. The second kappa shape index (κ2) is 4.74. The number of hydrogen-bond donors (Lipinski definition) is 1. The Morgan fingerprint density at radius 3 is 2.67 bits per heavy atom. The minimum absolute atomic E-state index is 0.134. The van der Waals surface area contributed by atoms with E-state index in [1.807, 2.05) is 16.7 Å². The summed E-state index contributed by atoms with van der Waals surface area (Å²) in [6.07, 6.45) is 2.31. The van der Waals surface area contributed by atoms with Crippen LogP contribution in [0.1, 0.15) is 27.7 Å². The highest BCUT2D eigenvalue weighted by Gasteiger charge is 2.35. The number of thioether (sulfide) groups is 1. The van der Waals surface area contributed by atoms with Crippen LogP contribution in [0.25, 0.3) is 0 Å². The fourth-order valence-electron chi connectivity index (χ4n) is 1.82. The van der Waals surface area contributed by atoms with E-state index in [9.17, 15) is 4.79 Å². The summed E-state index contributed by atoms with van der Waals surface area (Å²) in [6, 6.07) is 0. The Labute approximate surface area is 97.0 Å². The minimum Gasteiger partial charge on any atom is -0.324 e. The lowest BCUT2D eigenvalue weighted by Crippen LogP contribution is -2.46. The second-order valence-corrected chi connectivity index (χ2v) is 6.57. The minimum atomic E-state index is 0.134. The molecule has 0 saturated carbocycles. The lowest BCUT2D eigenvalue weighted by Gasteiger charge is -2.34. The average Bonchev–Trinajstić information content (AvgIpc) is 2.48. The molecular weight excluding hydrogens is 208 g/mol. The molecule has 1 saturated heterocycles. The summed E-state index contributed by atoms with van der Waals surface area (Å²) in [4.78, 5) is 13.7. The first-order chi connectivity index (χ1) is 6.87. The van der Waals surface area contributed by atoms with E-state index in [2.05, 4.69) is 39.3 Å². The van der Waals surface area contributed by atoms with Gasteiger partial charge in [-0.3, -0.25) is 10.1 Å². The molecule has 0 aliphatic carbocycles. The molecule has 4 heteroatoms. The molecule has 1 aliphatic rings. The number of amides is 1. The fourth-order valence-corrected chi connectivity index (χ4v) is 2.08. The molecule has 15 heavy (non-hydrogen) atoms. The van der Waals surface area contributed by atoms with E-state index < -0.39 is 0 Å². The maximum Gasteiger partial charge on any atom is 0.237 e. The van der Waals surface area contributed by atoms with Crippen molar-refractivity contribution < 1.29 is 4.79 Å². The lowest BCUT2D eigenvalue weighted by atomic mass is 10.1. The Bertz CT molecular complexity index is 241. The van der Waals surface area contributed by atoms with Gasteiger partial charge in [0.2, 0.25) is 5.91 Å². The van der Waals surface area contributed by atoms with Gasteiger partial charge in [-0.15, -0.1) is 0 Å².